The van der Waals surface area contributed by atoms with Gasteiger partial charge in [-0.1, -0.05) is 49.5 Å². The number of hydrogen-bond donors (Lipinski definition) is 1. The van der Waals surface area contributed by atoms with Crippen molar-refractivity contribution in [2.24, 2.45) is 0 Å². The number of methoxy groups -OCH3 is 1. The van der Waals surface area contributed by atoms with E-state index in [0.29, 0.717) is 41.8 Å². The largest absolute Gasteiger partial charge is 0.497 e. The molecule has 0 aromatic heterocycles. The summed E-state index contributed by atoms with van der Waals surface area (Å²) in [5.74, 6) is 1.21. The van der Waals surface area contributed by atoms with Gasteiger partial charge in [0, 0.05) is 19.5 Å². The van der Waals surface area contributed by atoms with Gasteiger partial charge in [0.25, 0.3) is 0 Å². The van der Waals surface area contributed by atoms with E-state index in [4.69, 9.17) is 32.7 Å². The number of carbonyl (C=O) groups is 2. The Bertz CT molecular complexity index is 922. The molecule has 0 bridgehead atoms. The summed E-state index contributed by atoms with van der Waals surface area (Å²) in [6.45, 7) is 5.23. The van der Waals surface area contributed by atoms with Gasteiger partial charge in [-0.05, 0) is 61.2 Å². The van der Waals surface area contributed by atoms with Crippen LogP contribution >= 0.6 is 23.2 Å². The van der Waals surface area contributed by atoms with Crippen LogP contribution in [0.5, 0.6) is 11.5 Å². The summed E-state index contributed by atoms with van der Waals surface area (Å²) in [5.41, 5.74) is 0.817. The number of rotatable bonds is 14. The van der Waals surface area contributed by atoms with Gasteiger partial charge in [0.2, 0.25) is 11.8 Å². The maximum Gasteiger partial charge on any atom is 0.242 e. The molecule has 0 saturated heterocycles. The number of nitrogens with zero attached hydrogens (tertiary/aromatic N) is 1. The highest BCUT2D eigenvalue weighted by Crippen LogP contribution is 2.24. The predicted molar refractivity (Wildman–Crippen MR) is 137 cm³/mol. The van der Waals surface area contributed by atoms with Gasteiger partial charge in [0.05, 0.1) is 23.8 Å². The molecule has 0 fully saturated rings. The van der Waals surface area contributed by atoms with Gasteiger partial charge in [0.15, 0.2) is 0 Å². The van der Waals surface area contributed by atoms with E-state index in [9.17, 15) is 9.59 Å². The van der Waals surface area contributed by atoms with Crippen LogP contribution < -0.4 is 14.8 Å². The third kappa shape index (κ3) is 8.73. The average Bonchev–Trinajstić information content (AvgIpc) is 2.84. The van der Waals surface area contributed by atoms with Crippen LogP contribution in [-0.4, -0.2) is 43.0 Å². The third-order valence-electron chi connectivity index (χ3n) is 5.42. The second-order valence-corrected chi connectivity index (χ2v) is 8.78. The summed E-state index contributed by atoms with van der Waals surface area (Å²) in [5, 5.41) is 3.82. The summed E-state index contributed by atoms with van der Waals surface area (Å²) in [6.07, 6.45) is 3.17. The van der Waals surface area contributed by atoms with Crippen molar-refractivity contribution < 1.29 is 19.1 Å². The zero-order chi connectivity index (χ0) is 24.9. The van der Waals surface area contributed by atoms with Crippen molar-refractivity contribution in [2.45, 2.75) is 58.5 Å². The lowest BCUT2D eigenvalue weighted by Crippen LogP contribution is -2.49. The molecule has 0 radical (unpaired) electrons. The molecule has 0 aliphatic rings. The van der Waals surface area contributed by atoms with Crippen molar-refractivity contribution in [3.8, 4) is 11.5 Å². The van der Waals surface area contributed by atoms with E-state index < -0.39 is 6.04 Å². The molecule has 34 heavy (non-hydrogen) atoms. The number of hydrogen-bond acceptors (Lipinski definition) is 4. The van der Waals surface area contributed by atoms with Crippen molar-refractivity contribution in [1.29, 1.82) is 0 Å². The summed E-state index contributed by atoms with van der Waals surface area (Å²) in [7, 11) is 1.61. The summed E-state index contributed by atoms with van der Waals surface area (Å²) in [4.78, 5) is 27.8. The van der Waals surface area contributed by atoms with Crippen molar-refractivity contribution >= 4 is 35.0 Å². The van der Waals surface area contributed by atoms with Crippen LogP contribution in [0.25, 0.3) is 0 Å². The SMILES string of the molecule is CCCCNC(=O)C(CC)N(Cc1ccc(Cl)c(Cl)c1)C(=O)CCCOc1ccc(OC)cc1. The molecule has 1 N–H and O–H groups in total. The number of unbranched alkanes of at least 4 members (excludes halogenated alkanes) is 1. The topological polar surface area (TPSA) is 67.9 Å². The Kier molecular flexibility index (Phi) is 12.1. The second kappa shape index (κ2) is 14.7. The van der Waals surface area contributed by atoms with Crippen LogP contribution in [0.4, 0.5) is 0 Å². The minimum atomic E-state index is -0.568. The van der Waals surface area contributed by atoms with Crippen molar-refractivity contribution in [3.05, 3.63) is 58.1 Å². The summed E-state index contributed by atoms with van der Waals surface area (Å²) < 4.78 is 10.9. The normalized spacial score (nSPS) is 11.6. The van der Waals surface area contributed by atoms with Gasteiger partial charge in [-0.2, -0.15) is 0 Å². The summed E-state index contributed by atoms with van der Waals surface area (Å²) >= 11 is 12.2. The first-order valence-corrected chi connectivity index (χ1v) is 12.4. The molecule has 2 aromatic rings. The van der Waals surface area contributed by atoms with Crippen LogP contribution in [0.2, 0.25) is 10.0 Å². The van der Waals surface area contributed by atoms with Crippen molar-refractivity contribution in [2.75, 3.05) is 20.3 Å². The maximum absolute atomic E-state index is 13.2. The zero-order valence-corrected chi connectivity index (χ0v) is 21.6. The monoisotopic (exact) mass is 508 g/mol. The molecule has 8 heteroatoms. The Morgan fingerprint density at radius 3 is 2.32 bits per heavy atom. The number of benzene rings is 2. The van der Waals surface area contributed by atoms with Gasteiger partial charge in [-0.3, -0.25) is 9.59 Å². The van der Waals surface area contributed by atoms with Crippen molar-refractivity contribution in [3.63, 3.8) is 0 Å². The van der Waals surface area contributed by atoms with Crippen LogP contribution in [0, 0.1) is 0 Å². The van der Waals surface area contributed by atoms with Crippen LogP contribution in [-0.2, 0) is 16.1 Å². The van der Waals surface area contributed by atoms with E-state index in [2.05, 4.69) is 12.2 Å². The minimum Gasteiger partial charge on any atom is -0.497 e. The fraction of sp³-hybridized carbons (Fsp3) is 0.462. The Morgan fingerprint density at radius 1 is 1.00 bits per heavy atom. The van der Waals surface area contributed by atoms with Crippen LogP contribution in [0.15, 0.2) is 42.5 Å². The fourth-order valence-electron chi connectivity index (χ4n) is 3.49. The van der Waals surface area contributed by atoms with Gasteiger partial charge < -0.3 is 19.7 Å². The van der Waals surface area contributed by atoms with E-state index in [1.54, 1.807) is 24.1 Å². The second-order valence-electron chi connectivity index (χ2n) is 7.97. The standard InChI is InChI=1S/C26H34Cl2N2O4/c1-4-6-15-29-26(32)24(5-2)30(18-19-9-14-22(27)23(28)17-19)25(31)8-7-16-34-21-12-10-20(33-3)11-13-21/h9-14,17,24H,4-8,15-16,18H2,1-3H3,(H,29,32). The molecular formula is C26H34Cl2N2O4. The zero-order valence-electron chi connectivity index (χ0n) is 20.1. The van der Waals surface area contributed by atoms with Gasteiger partial charge in [-0.15, -0.1) is 0 Å². The number of nitrogens with one attached hydrogen (secondary N) is 1. The van der Waals surface area contributed by atoms with Gasteiger partial charge in [0.1, 0.15) is 17.5 Å². The van der Waals surface area contributed by atoms with Gasteiger partial charge >= 0.3 is 0 Å². The lowest BCUT2D eigenvalue weighted by atomic mass is 10.1. The molecular weight excluding hydrogens is 475 g/mol. The molecule has 0 spiro atoms. The van der Waals surface area contributed by atoms with Crippen LogP contribution in [0.1, 0.15) is 51.5 Å². The fourth-order valence-corrected chi connectivity index (χ4v) is 3.81. The third-order valence-corrected chi connectivity index (χ3v) is 6.15. The molecule has 1 atom stereocenters. The molecule has 2 rings (SSSR count). The first kappa shape index (κ1) is 27.8. The first-order valence-electron chi connectivity index (χ1n) is 11.7. The number of amides is 2. The molecule has 1 unspecified atom stereocenters. The molecule has 0 aliphatic carbocycles. The molecule has 6 nitrogen and oxygen atoms in total. The highest BCUT2D eigenvalue weighted by Gasteiger charge is 2.28. The minimum absolute atomic E-state index is 0.109. The Labute approximate surface area is 212 Å². The molecule has 0 heterocycles. The van der Waals surface area contributed by atoms with E-state index >= 15 is 0 Å². The number of ether oxygens (including phenoxy) is 2. The molecule has 0 aliphatic heterocycles. The predicted octanol–water partition coefficient (Wildman–Crippen LogP) is 5.88. The van der Waals surface area contributed by atoms with E-state index in [0.717, 1.165) is 24.2 Å². The van der Waals surface area contributed by atoms with Gasteiger partial charge in [-0.25, -0.2) is 0 Å². The average molecular weight is 509 g/mol. The van der Waals surface area contributed by atoms with E-state index in [1.807, 2.05) is 37.3 Å². The summed E-state index contributed by atoms with van der Waals surface area (Å²) in [6, 6.07) is 12.0. The first-order chi connectivity index (χ1) is 16.4. The highest BCUT2D eigenvalue weighted by atomic mass is 35.5. The molecule has 2 amide bonds. The molecule has 0 saturated carbocycles. The lowest BCUT2D eigenvalue weighted by Gasteiger charge is -2.31. The molecule has 2 aromatic carbocycles. The Morgan fingerprint density at radius 2 is 1.71 bits per heavy atom. The number of carbonyl (C=O) groups excluding carboxylic acids is 2. The quantitative estimate of drug-likeness (QED) is 0.323. The highest BCUT2D eigenvalue weighted by molar-refractivity contribution is 6.42. The molecule has 186 valence electrons. The lowest BCUT2D eigenvalue weighted by molar-refractivity contribution is -0.141. The Balaban J connectivity index is 2.05. The smallest absolute Gasteiger partial charge is 0.242 e. The Hall–Kier alpha value is -2.44. The maximum atomic E-state index is 13.2. The van der Waals surface area contributed by atoms with E-state index in [-0.39, 0.29) is 24.8 Å². The van der Waals surface area contributed by atoms with E-state index in [1.165, 1.54) is 0 Å². The number of halogens is 2. The van der Waals surface area contributed by atoms with Crippen molar-refractivity contribution in [1.82, 2.24) is 10.2 Å². The van der Waals surface area contributed by atoms with Crippen LogP contribution in [0.3, 0.4) is 0 Å².